The van der Waals surface area contributed by atoms with Gasteiger partial charge in [-0.3, -0.25) is 4.79 Å². The van der Waals surface area contributed by atoms with E-state index in [0.717, 1.165) is 31.6 Å². The van der Waals surface area contributed by atoms with Crippen LogP contribution in [0.3, 0.4) is 0 Å². The van der Waals surface area contributed by atoms with Gasteiger partial charge in [-0.25, -0.2) is 0 Å². The maximum atomic E-state index is 10.8. The number of unbranched alkanes of at least 4 members (excludes halogenated alkanes) is 4. The molecule has 0 radical (unpaired) electrons. The summed E-state index contributed by atoms with van der Waals surface area (Å²) < 4.78 is 0. The zero-order valence-electron chi connectivity index (χ0n) is 10.6. The number of carboxylic acids is 1. The summed E-state index contributed by atoms with van der Waals surface area (Å²) in [6, 6.07) is 0. The number of carbonyl (C=O) groups is 1. The SMILES string of the molecule is CCCCCCCC1CCC(C(=O)O)CC1. The molecule has 94 valence electrons. The van der Waals surface area contributed by atoms with Crippen LogP contribution in [0.15, 0.2) is 0 Å². The van der Waals surface area contributed by atoms with Gasteiger partial charge >= 0.3 is 5.97 Å². The lowest BCUT2D eigenvalue weighted by molar-refractivity contribution is -0.143. The van der Waals surface area contributed by atoms with Crippen LogP contribution in [0.5, 0.6) is 0 Å². The number of aliphatic carboxylic acids is 1. The van der Waals surface area contributed by atoms with Gasteiger partial charge in [0.2, 0.25) is 0 Å². The topological polar surface area (TPSA) is 37.3 Å². The highest BCUT2D eigenvalue weighted by Gasteiger charge is 2.25. The van der Waals surface area contributed by atoms with Crippen molar-refractivity contribution in [2.75, 3.05) is 0 Å². The number of hydrogen-bond donors (Lipinski definition) is 1. The molecule has 0 heterocycles. The third-order valence-corrected chi connectivity index (χ3v) is 3.91. The van der Waals surface area contributed by atoms with E-state index in [1.165, 1.54) is 38.5 Å². The lowest BCUT2D eigenvalue weighted by Crippen LogP contribution is -2.21. The molecule has 1 fully saturated rings. The first kappa shape index (κ1) is 13.5. The van der Waals surface area contributed by atoms with Gasteiger partial charge in [0, 0.05) is 0 Å². The fraction of sp³-hybridized carbons (Fsp3) is 0.929. The number of rotatable bonds is 7. The normalized spacial score (nSPS) is 25.6. The Morgan fingerprint density at radius 1 is 1.06 bits per heavy atom. The molecule has 1 saturated carbocycles. The van der Waals surface area contributed by atoms with E-state index in [1.807, 2.05) is 0 Å². The minimum atomic E-state index is -0.582. The summed E-state index contributed by atoms with van der Waals surface area (Å²) in [7, 11) is 0. The lowest BCUT2D eigenvalue weighted by Gasteiger charge is -2.25. The summed E-state index contributed by atoms with van der Waals surface area (Å²) in [6.07, 6.45) is 12.2. The van der Waals surface area contributed by atoms with Crippen molar-refractivity contribution in [1.82, 2.24) is 0 Å². The maximum absolute atomic E-state index is 10.8. The van der Waals surface area contributed by atoms with Crippen LogP contribution in [0, 0.1) is 11.8 Å². The third kappa shape index (κ3) is 5.00. The van der Waals surface area contributed by atoms with Crippen LogP contribution in [0.4, 0.5) is 0 Å². The molecule has 16 heavy (non-hydrogen) atoms. The molecule has 2 heteroatoms. The van der Waals surface area contributed by atoms with E-state index in [9.17, 15) is 4.79 Å². The highest BCUT2D eigenvalue weighted by Crippen LogP contribution is 2.32. The molecule has 0 spiro atoms. The Balaban J connectivity index is 2.02. The second kappa shape index (κ2) is 7.70. The fourth-order valence-electron chi connectivity index (χ4n) is 2.73. The van der Waals surface area contributed by atoms with E-state index < -0.39 is 5.97 Å². The zero-order valence-corrected chi connectivity index (χ0v) is 10.6. The number of carboxylic acid groups (broad SMARTS) is 1. The summed E-state index contributed by atoms with van der Waals surface area (Å²) in [5.41, 5.74) is 0. The first-order valence-electron chi connectivity index (χ1n) is 6.96. The summed E-state index contributed by atoms with van der Waals surface area (Å²) in [4.78, 5) is 10.8. The fourth-order valence-corrected chi connectivity index (χ4v) is 2.73. The van der Waals surface area contributed by atoms with Gasteiger partial charge < -0.3 is 5.11 Å². The molecule has 1 aliphatic rings. The Bertz CT molecular complexity index is 193. The molecule has 0 aromatic carbocycles. The van der Waals surface area contributed by atoms with Gasteiger partial charge in [0.25, 0.3) is 0 Å². The van der Waals surface area contributed by atoms with Crippen LogP contribution in [0.1, 0.15) is 71.1 Å². The van der Waals surface area contributed by atoms with E-state index in [-0.39, 0.29) is 5.92 Å². The first-order valence-corrected chi connectivity index (χ1v) is 6.96. The van der Waals surface area contributed by atoms with Crippen molar-refractivity contribution in [1.29, 1.82) is 0 Å². The molecule has 1 N–H and O–H groups in total. The second-order valence-corrected chi connectivity index (χ2v) is 5.26. The Labute approximate surface area is 99.4 Å². The van der Waals surface area contributed by atoms with Crippen molar-refractivity contribution in [3.05, 3.63) is 0 Å². The van der Waals surface area contributed by atoms with Gasteiger partial charge in [-0.2, -0.15) is 0 Å². The molecule has 0 amide bonds. The minimum Gasteiger partial charge on any atom is -0.481 e. The van der Waals surface area contributed by atoms with Gasteiger partial charge in [0.05, 0.1) is 5.92 Å². The molecule has 0 aromatic rings. The Hall–Kier alpha value is -0.530. The third-order valence-electron chi connectivity index (χ3n) is 3.91. The van der Waals surface area contributed by atoms with Crippen molar-refractivity contribution < 1.29 is 9.90 Å². The van der Waals surface area contributed by atoms with E-state index in [1.54, 1.807) is 0 Å². The average Bonchev–Trinajstić information content (AvgIpc) is 2.29. The van der Waals surface area contributed by atoms with Crippen LogP contribution in [-0.4, -0.2) is 11.1 Å². The van der Waals surface area contributed by atoms with Crippen LogP contribution >= 0.6 is 0 Å². The Morgan fingerprint density at radius 3 is 2.25 bits per heavy atom. The Kier molecular flexibility index (Phi) is 6.51. The molecule has 1 aliphatic carbocycles. The minimum absolute atomic E-state index is 0.0451. The highest BCUT2D eigenvalue weighted by atomic mass is 16.4. The van der Waals surface area contributed by atoms with E-state index in [0.29, 0.717) is 0 Å². The summed E-state index contributed by atoms with van der Waals surface area (Å²) in [6.45, 7) is 2.24. The molecule has 0 atom stereocenters. The van der Waals surface area contributed by atoms with Crippen molar-refractivity contribution in [3.8, 4) is 0 Å². The zero-order chi connectivity index (χ0) is 11.8. The monoisotopic (exact) mass is 226 g/mol. The van der Waals surface area contributed by atoms with Gasteiger partial charge in [0.15, 0.2) is 0 Å². The van der Waals surface area contributed by atoms with E-state index in [4.69, 9.17) is 5.11 Å². The van der Waals surface area contributed by atoms with Gasteiger partial charge in [0.1, 0.15) is 0 Å². The molecule has 2 nitrogen and oxygen atoms in total. The predicted octanol–water partition coefficient (Wildman–Crippen LogP) is 4.24. The summed E-state index contributed by atoms with van der Waals surface area (Å²) in [5.74, 6) is 0.190. The largest absolute Gasteiger partial charge is 0.481 e. The lowest BCUT2D eigenvalue weighted by atomic mass is 9.80. The summed E-state index contributed by atoms with van der Waals surface area (Å²) in [5, 5.41) is 8.90. The summed E-state index contributed by atoms with van der Waals surface area (Å²) >= 11 is 0. The quantitative estimate of drug-likeness (QED) is 0.659. The molecular weight excluding hydrogens is 200 g/mol. The van der Waals surface area contributed by atoms with Crippen LogP contribution in [0.2, 0.25) is 0 Å². The molecule has 0 unspecified atom stereocenters. The standard InChI is InChI=1S/C14H26O2/c1-2-3-4-5-6-7-12-8-10-13(11-9-12)14(15)16/h12-13H,2-11H2,1H3,(H,15,16). The molecule has 0 aliphatic heterocycles. The highest BCUT2D eigenvalue weighted by molar-refractivity contribution is 5.69. The molecule has 0 saturated heterocycles. The van der Waals surface area contributed by atoms with E-state index in [2.05, 4.69) is 6.92 Å². The van der Waals surface area contributed by atoms with Crippen LogP contribution in [-0.2, 0) is 4.79 Å². The molecule has 0 bridgehead atoms. The molecule has 1 rings (SSSR count). The number of hydrogen-bond acceptors (Lipinski definition) is 1. The Morgan fingerprint density at radius 2 is 1.69 bits per heavy atom. The smallest absolute Gasteiger partial charge is 0.306 e. The van der Waals surface area contributed by atoms with Crippen LogP contribution in [0.25, 0.3) is 0 Å². The van der Waals surface area contributed by atoms with Crippen LogP contribution < -0.4 is 0 Å². The van der Waals surface area contributed by atoms with Gasteiger partial charge in [-0.05, 0) is 31.6 Å². The van der Waals surface area contributed by atoms with E-state index >= 15 is 0 Å². The van der Waals surface area contributed by atoms with Crippen molar-refractivity contribution in [2.45, 2.75) is 71.1 Å². The van der Waals surface area contributed by atoms with Crippen molar-refractivity contribution in [2.24, 2.45) is 11.8 Å². The molecular formula is C14H26O2. The predicted molar refractivity (Wildman–Crippen MR) is 66.5 cm³/mol. The average molecular weight is 226 g/mol. The van der Waals surface area contributed by atoms with Crippen molar-refractivity contribution >= 4 is 5.97 Å². The second-order valence-electron chi connectivity index (χ2n) is 5.26. The molecule has 0 aromatic heterocycles. The van der Waals surface area contributed by atoms with Gasteiger partial charge in [-0.1, -0.05) is 45.4 Å². The maximum Gasteiger partial charge on any atom is 0.306 e. The van der Waals surface area contributed by atoms with Gasteiger partial charge in [-0.15, -0.1) is 0 Å². The van der Waals surface area contributed by atoms with Crippen molar-refractivity contribution in [3.63, 3.8) is 0 Å². The first-order chi connectivity index (χ1) is 7.74.